The van der Waals surface area contributed by atoms with Crippen molar-refractivity contribution >= 4 is 28.5 Å². The Morgan fingerprint density at radius 3 is 3.19 bits per heavy atom. The van der Waals surface area contributed by atoms with Crippen LogP contribution in [0.3, 0.4) is 0 Å². The van der Waals surface area contributed by atoms with Gasteiger partial charge in [0, 0.05) is 6.04 Å². The van der Waals surface area contributed by atoms with Crippen molar-refractivity contribution in [1.29, 1.82) is 0 Å². The molecule has 0 saturated heterocycles. The quantitative estimate of drug-likeness (QED) is 0.633. The largest absolute Gasteiger partial charge is 0.367 e. The van der Waals surface area contributed by atoms with Gasteiger partial charge in [0.25, 0.3) is 0 Å². The SMILES string of the molecule is C=CCC(C)Nc1nc(Cl)nc2[nH]ncc12. The molecule has 16 heavy (non-hydrogen) atoms. The molecule has 0 bridgehead atoms. The van der Waals surface area contributed by atoms with E-state index in [2.05, 4.69) is 32.1 Å². The third kappa shape index (κ3) is 2.14. The summed E-state index contributed by atoms with van der Waals surface area (Å²) < 4.78 is 0. The lowest BCUT2D eigenvalue weighted by atomic mass is 10.2. The van der Waals surface area contributed by atoms with Gasteiger partial charge in [0.15, 0.2) is 5.65 Å². The molecule has 0 fully saturated rings. The zero-order valence-corrected chi connectivity index (χ0v) is 9.62. The number of nitrogens with one attached hydrogen (secondary N) is 2. The molecule has 84 valence electrons. The first kappa shape index (κ1) is 10.9. The molecule has 1 unspecified atom stereocenters. The fraction of sp³-hybridized carbons (Fsp3) is 0.300. The second-order valence-electron chi connectivity index (χ2n) is 3.54. The Morgan fingerprint density at radius 1 is 1.62 bits per heavy atom. The van der Waals surface area contributed by atoms with Gasteiger partial charge in [-0.2, -0.15) is 15.1 Å². The molecule has 0 aliphatic carbocycles. The van der Waals surface area contributed by atoms with Crippen LogP contribution in [0.25, 0.3) is 11.0 Å². The number of aromatic amines is 1. The third-order valence-electron chi connectivity index (χ3n) is 2.19. The highest BCUT2D eigenvalue weighted by atomic mass is 35.5. The number of rotatable bonds is 4. The average molecular weight is 238 g/mol. The minimum absolute atomic E-state index is 0.199. The molecule has 2 aromatic heterocycles. The van der Waals surface area contributed by atoms with Gasteiger partial charge in [-0.1, -0.05) is 6.08 Å². The highest BCUT2D eigenvalue weighted by molar-refractivity contribution is 6.28. The zero-order valence-electron chi connectivity index (χ0n) is 8.87. The van der Waals surface area contributed by atoms with Gasteiger partial charge < -0.3 is 5.32 Å². The second-order valence-corrected chi connectivity index (χ2v) is 3.88. The van der Waals surface area contributed by atoms with Gasteiger partial charge in [0.2, 0.25) is 5.28 Å². The van der Waals surface area contributed by atoms with E-state index >= 15 is 0 Å². The highest BCUT2D eigenvalue weighted by Crippen LogP contribution is 2.20. The van der Waals surface area contributed by atoms with Crippen LogP contribution < -0.4 is 5.32 Å². The molecule has 0 saturated carbocycles. The van der Waals surface area contributed by atoms with Crippen molar-refractivity contribution in [2.24, 2.45) is 0 Å². The molecule has 2 rings (SSSR count). The van der Waals surface area contributed by atoms with Crippen LogP contribution in [0, 0.1) is 0 Å². The third-order valence-corrected chi connectivity index (χ3v) is 2.35. The molecule has 2 N–H and O–H groups in total. The molecular weight excluding hydrogens is 226 g/mol. The highest BCUT2D eigenvalue weighted by Gasteiger charge is 2.09. The summed E-state index contributed by atoms with van der Waals surface area (Å²) in [6.07, 6.45) is 4.38. The lowest BCUT2D eigenvalue weighted by Gasteiger charge is -2.12. The molecule has 6 heteroatoms. The Hall–Kier alpha value is -1.62. The first-order valence-electron chi connectivity index (χ1n) is 4.94. The van der Waals surface area contributed by atoms with Gasteiger partial charge in [-0.3, -0.25) is 5.10 Å². The summed E-state index contributed by atoms with van der Waals surface area (Å²) in [5, 5.41) is 10.9. The predicted molar refractivity (Wildman–Crippen MR) is 64.6 cm³/mol. The van der Waals surface area contributed by atoms with Crippen molar-refractivity contribution in [3.63, 3.8) is 0 Å². The number of aromatic nitrogens is 4. The first-order chi connectivity index (χ1) is 7.70. The lowest BCUT2D eigenvalue weighted by molar-refractivity contribution is 0.808. The Bertz CT molecular complexity index is 507. The molecule has 0 amide bonds. The average Bonchev–Trinajstić information content (AvgIpc) is 2.65. The molecular formula is C10H12ClN5. The van der Waals surface area contributed by atoms with Crippen molar-refractivity contribution in [3.05, 3.63) is 24.1 Å². The van der Waals surface area contributed by atoms with E-state index in [9.17, 15) is 0 Å². The van der Waals surface area contributed by atoms with Crippen molar-refractivity contribution in [2.45, 2.75) is 19.4 Å². The summed E-state index contributed by atoms with van der Waals surface area (Å²) >= 11 is 5.81. The summed E-state index contributed by atoms with van der Waals surface area (Å²) in [6.45, 7) is 5.74. The molecule has 0 aliphatic heterocycles. The van der Waals surface area contributed by atoms with Crippen LogP contribution >= 0.6 is 11.6 Å². The Morgan fingerprint density at radius 2 is 2.44 bits per heavy atom. The maximum absolute atomic E-state index is 5.81. The number of hydrogen-bond acceptors (Lipinski definition) is 4. The monoisotopic (exact) mass is 237 g/mol. The van der Waals surface area contributed by atoms with E-state index in [0.29, 0.717) is 11.5 Å². The van der Waals surface area contributed by atoms with Crippen molar-refractivity contribution < 1.29 is 0 Å². The maximum Gasteiger partial charge on any atom is 0.226 e. The van der Waals surface area contributed by atoms with E-state index in [1.54, 1.807) is 6.20 Å². The minimum atomic E-state index is 0.199. The van der Waals surface area contributed by atoms with E-state index < -0.39 is 0 Å². The first-order valence-corrected chi connectivity index (χ1v) is 5.32. The minimum Gasteiger partial charge on any atom is -0.367 e. The van der Waals surface area contributed by atoms with Gasteiger partial charge in [0.1, 0.15) is 5.82 Å². The Labute approximate surface area is 97.9 Å². The summed E-state index contributed by atoms with van der Waals surface area (Å²) in [5.74, 6) is 0.693. The number of halogens is 1. The summed E-state index contributed by atoms with van der Waals surface area (Å²) in [5.41, 5.74) is 0.633. The maximum atomic E-state index is 5.81. The van der Waals surface area contributed by atoms with E-state index in [0.717, 1.165) is 11.8 Å². The van der Waals surface area contributed by atoms with Crippen molar-refractivity contribution in [1.82, 2.24) is 20.2 Å². The molecule has 2 aromatic rings. The topological polar surface area (TPSA) is 66.5 Å². The van der Waals surface area contributed by atoms with Gasteiger partial charge in [-0.15, -0.1) is 6.58 Å². The standard InChI is InChI=1S/C10H12ClN5/c1-3-4-6(2)13-8-7-5-12-16-9(7)15-10(11)14-8/h3,5-6H,1,4H2,2H3,(H2,12,13,14,15,16). The van der Waals surface area contributed by atoms with E-state index in [1.165, 1.54) is 0 Å². The molecule has 0 radical (unpaired) electrons. The second kappa shape index (κ2) is 4.49. The normalized spacial score (nSPS) is 12.6. The van der Waals surface area contributed by atoms with Crippen LogP contribution in [0.2, 0.25) is 5.28 Å². The van der Waals surface area contributed by atoms with Gasteiger partial charge >= 0.3 is 0 Å². The number of nitrogens with zero attached hydrogens (tertiary/aromatic N) is 3. The van der Waals surface area contributed by atoms with Gasteiger partial charge in [-0.25, -0.2) is 0 Å². The van der Waals surface area contributed by atoms with Crippen LogP contribution in [0.1, 0.15) is 13.3 Å². The van der Waals surface area contributed by atoms with Gasteiger partial charge in [0.05, 0.1) is 11.6 Å². The molecule has 1 atom stereocenters. The fourth-order valence-corrected chi connectivity index (χ4v) is 1.63. The van der Waals surface area contributed by atoms with Crippen LogP contribution in [-0.2, 0) is 0 Å². The van der Waals surface area contributed by atoms with Crippen molar-refractivity contribution in [3.8, 4) is 0 Å². The molecule has 5 nitrogen and oxygen atoms in total. The summed E-state index contributed by atoms with van der Waals surface area (Å²) in [4.78, 5) is 8.17. The zero-order chi connectivity index (χ0) is 11.5. The summed E-state index contributed by atoms with van der Waals surface area (Å²) in [7, 11) is 0. The number of H-pyrrole nitrogens is 1. The molecule has 0 aromatic carbocycles. The molecule has 0 spiro atoms. The van der Waals surface area contributed by atoms with Crippen molar-refractivity contribution in [2.75, 3.05) is 5.32 Å². The summed E-state index contributed by atoms with van der Waals surface area (Å²) in [6, 6.07) is 0.238. The smallest absolute Gasteiger partial charge is 0.226 e. The molecule has 2 heterocycles. The number of fused-ring (bicyclic) bond motifs is 1. The predicted octanol–water partition coefficient (Wildman–Crippen LogP) is 2.38. The molecule has 0 aliphatic rings. The van der Waals surface area contributed by atoms with Crippen LogP contribution in [0.15, 0.2) is 18.9 Å². The van der Waals surface area contributed by atoms with Crippen LogP contribution in [-0.4, -0.2) is 26.2 Å². The van der Waals surface area contributed by atoms with E-state index in [1.807, 2.05) is 13.0 Å². The van der Waals surface area contributed by atoms with Crippen LogP contribution in [0.4, 0.5) is 5.82 Å². The Balaban J connectivity index is 2.35. The number of anilines is 1. The van der Waals surface area contributed by atoms with Gasteiger partial charge in [-0.05, 0) is 24.9 Å². The fourth-order valence-electron chi connectivity index (χ4n) is 1.46. The van der Waals surface area contributed by atoms with E-state index in [-0.39, 0.29) is 11.3 Å². The van der Waals surface area contributed by atoms with E-state index in [4.69, 9.17) is 11.6 Å². The number of hydrogen-bond donors (Lipinski definition) is 2. The Kier molecular flexibility index (Phi) is 3.05. The lowest BCUT2D eigenvalue weighted by Crippen LogP contribution is -2.15. The van der Waals surface area contributed by atoms with Crippen LogP contribution in [0.5, 0.6) is 0 Å².